The number of aliphatic hydroxyl groups is 1. The molecule has 0 fully saturated rings. The normalized spacial score (nSPS) is 24.8. The summed E-state index contributed by atoms with van der Waals surface area (Å²) in [4.78, 5) is 2.05. The molecule has 4 rings (SSSR count). The molecule has 2 aromatic rings. The Balaban J connectivity index is 2.02. The second-order valence-electron chi connectivity index (χ2n) is 7.23. The molecule has 0 saturated carbocycles. The van der Waals surface area contributed by atoms with Gasteiger partial charge in [0.1, 0.15) is 0 Å². The molecule has 1 heterocycles. The van der Waals surface area contributed by atoms with Gasteiger partial charge in [-0.25, -0.2) is 4.39 Å². The van der Waals surface area contributed by atoms with Crippen molar-refractivity contribution < 1.29 is 13.9 Å². The first kappa shape index (κ1) is 18.8. The number of halogens is 2. The SMILES string of the molecule is C=CCC1=C(O)C(F)=C(F)C(C)([SH]2c3ccccc3-c3ccccc32)C1C=C. The van der Waals surface area contributed by atoms with Crippen LogP contribution < -0.4 is 0 Å². The Hall–Kier alpha value is -2.59. The van der Waals surface area contributed by atoms with E-state index in [9.17, 15) is 9.50 Å². The summed E-state index contributed by atoms with van der Waals surface area (Å²) >= 11 is 0. The lowest BCUT2D eigenvalue weighted by molar-refractivity contribution is 0.323. The van der Waals surface area contributed by atoms with Gasteiger partial charge in [0, 0.05) is 15.7 Å². The maximum Gasteiger partial charge on any atom is 0.197 e. The minimum Gasteiger partial charge on any atom is -0.505 e. The summed E-state index contributed by atoms with van der Waals surface area (Å²) in [6, 6.07) is 15.9. The van der Waals surface area contributed by atoms with Crippen LogP contribution in [-0.4, -0.2) is 9.85 Å². The van der Waals surface area contributed by atoms with Gasteiger partial charge in [0.25, 0.3) is 0 Å². The molecule has 2 aliphatic rings. The van der Waals surface area contributed by atoms with E-state index in [1.54, 1.807) is 19.1 Å². The molecule has 0 aromatic heterocycles. The predicted octanol–water partition coefficient (Wildman–Crippen LogP) is 7.20. The van der Waals surface area contributed by atoms with E-state index < -0.39 is 39.0 Å². The van der Waals surface area contributed by atoms with Crippen molar-refractivity contribution in [1.29, 1.82) is 0 Å². The van der Waals surface area contributed by atoms with Gasteiger partial charge in [-0.3, -0.25) is 0 Å². The van der Waals surface area contributed by atoms with Gasteiger partial charge in [-0.2, -0.15) is 15.3 Å². The lowest BCUT2D eigenvalue weighted by Gasteiger charge is -2.46. The maximum atomic E-state index is 15.6. The van der Waals surface area contributed by atoms with Gasteiger partial charge >= 0.3 is 0 Å². The third-order valence-electron chi connectivity index (χ3n) is 5.77. The molecule has 2 unspecified atom stereocenters. The zero-order chi connectivity index (χ0) is 20.1. The highest BCUT2D eigenvalue weighted by atomic mass is 32.2. The van der Waals surface area contributed by atoms with Crippen molar-refractivity contribution in [2.45, 2.75) is 27.9 Å². The fraction of sp³-hybridized carbons (Fsp3) is 0.167. The molecule has 1 N–H and O–H groups in total. The van der Waals surface area contributed by atoms with Crippen LogP contribution in [0.2, 0.25) is 0 Å². The molecule has 0 radical (unpaired) electrons. The Morgan fingerprint density at radius 1 is 1.04 bits per heavy atom. The average Bonchev–Trinajstić information content (AvgIpc) is 3.06. The molecule has 0 amide bonds. The van der Waals surface area contributed by atoms with Gasteiger partial charge in [-0.05, 0) is 42.2 Å². The molecule has 144 valence electrons. The van der Waals surface area contributed by atoms with Crippen molar-refractivity contribution in [2.75, 3.05) is 0 Å². The summed E-state index contributed by atoms with van der Waals surface area (Å²) in [5, 5.41) is 10.3. The third kappa shape index (κ3) is 2.37. The highest BCUT2D eigenvalue weighted by Gasteiger charge is 2.52. The Labute approximate surface area is 166 Å². The van der Waals surface area contributed by atoms with Gasteiger partial charge in [0.15, 0.2) is 17.4 Å². The number of aliphatic hydroxyl groups excluding tert-OH is 1. The van der Waals surface area contributed by atoms with E-state index in [1.165, 1.54) is 0 Å². The van der Waals surface area contributed by atoms with E-state index in [-0.39, 0.29) is 6.42 Å². The largest absolute Gasteiger partial charge is 0.505 e. The van der Waals surface area contributed by atoms with E-state index in [0.29, 0.717) is 5.57 Å². The average molecular weight is 397 g/mol. The molecule has 2 atom stereocenters. The fourth-order valence-corrected chi connectivity index (χ4v) is 7.94. The second-order valence-corrected chi connectivity index (χ2v) is 9.79. The fourth-order valence-electron chi connectivity index (χ4n) is 4.50. The van der Waals surface area contributed by atoms with Crippen molar-refractivity contribution in [3.05, 3.63) is 96.8 Å². The summed E-state index contributed by atoms with van der Waals surface area (Å²) in [5.41, 5.74) is 2.55. The van der Waals surface area contributed by atoms with Gasteiger partial charge in [-0.1, -0.05) is 48.6 Å². The summed E-state index contributed by atoms with van der Waals surface area (Å²) in [6.45, 7) is 9.38. The first-order valence-electron chi connectivity index (χ1n) is 9.17. The number of hydrogen-bond acceptors (Lipinski definition) is 1. The number of rotatable bonds is 4. The molecule has 1 aliphatic heterocycles. The predicted molar refractivity (Wildman–Crippen MR) is 113 cm³/mol. The van der Waals surface area contributed by atoms with Crippen LogP contribution in [0.1, 0.15) is 13.3 Å². The quantitative estimate of drug-likeness (QED) is 0.414. The smallest absolute Gasteiger partial charge is 0.197 e. The summed E-state index contributed by atoms with van der Waals surface area (Å²) in [7, 11) is -1.27. The van der Waals surface area contributed by atoms with E-state index in [4.69, 9.17) is 0 Å². The zero-order valence-electron chi connectivity index (χ0n) is 15.6. The van der Waals surface area contributed by atoms with Gasteiger partial charge in [0.05, 0.1) is 4.75 Å². The van der Waals surface area contributed by atoms with Crippen LogP contribution >= 0.6 is 10.9 Å². The number of thiol groups is 1. The molecule has 28 heavy (non-hydrogen) atoms. The van der Waals surface area contributed by atoms with Crippen molar-refractivity contribution in [3.8, 4) is 11.1 Å². The molecule has 0 bridgehead atoms. The van der Waals surface area contributed by atoms with Crippen LogP contribution in [0.15, 0.2) is 107 Å². The number of allylic oxidation sites excluding steroid dienone is 4. The van der Waals surface area contributed by atoms with Crippen LogP contribution in [-0.2, 0) is 0 Å². The topological polar surface area (TPSA) is 20.2 Å². The number of benzene rings is 2. The molecule has 0 saturated heterocycles. The van der Waals surface area contributed by atoms with Crippen LogP contribution in [0.25, 0.3) is 11.1 Å². The second kappa shape index (κ2) is 6.78. The Bertz CT molecular complexity index is 1010. The van der Waals surface area contributed by atoms with Crippen LogP contribution in [0, 0.1) is 5.92 Å². The van der Waals surface area contributed by atoms with E-state index in [2.05, 4.69) is 13.2 Å². The Morgan fingerprint density at radius 2 is 1.57 bits per heavy atom. The van der Waals surface area contributed by atoms with Crippen molar-refractivity contribution >= 4 is 10.9 Å². The van der Waals surface area contributed by atoms with Gasteiger partial charge in [0.2, 0.25) is 0 Å². The molecular formula is C24H22F2OS. The zero-order valence-corrected chi connectivity index (χ0v) is 16.5. The minimum atomic E-state index is -1.27. The number of fused-ring (bicyclic) bond motifs is 3. The van der Waals surface area contributed by atoms with Gasteiger partial charge < -0.3 is 5.11 Å². The maximum absolute atomic E-state index is 15.6. The summed E-state index contributed by atoms with van der Waals surface area (Å²) < 4.78 is 29.3. The first-order valence-corrected chi connectivity index (χ1v) is 10.5. The van der Waals surface area contributed by atoms with E-state index >= 15 is 4.39 Å². The minimum absolute atomic E-state index is 0.269. The van der Waals surface area contributed by atoms with Crippen LogP contribution in [0.3, 0.4) is 0 Å². The summed E-state index contributed by atoms with van der Waals surface area (Å²) in [5.74, 6) is -3.23. The molecule has 1 nitrogen and oxygen atoms in total. The van der Waals surface area contributed by atoms with Crippen molar-refractivity contribution in [3.63, 3.8) is 0 Å². The molecular weight excluding hydrogens is 374 g/mol. The molecule has 0 spiro atoms. The standard InChI is InChI=1S/C24H22F2OS/c1-4-10-17-18(5-2)24(3,23(26)21(25)22(17)27)28-19-13-8-6-11-15(19)16-12-7-9-14-20(16)28/h4-9,11-14,18,27-28H,1-2,10H2,3H3. The third-order valence-corrected chi connectivity index (χ3v) is 8.92. The lowest BCUT2D eigenvalue weighted by atomic mass is 9.79. The van der Waals surface area contributed by atoms with Crippen molar-refractivity contribution in [1.82, 2.24) is 0 Å². The van der Waals surface area contributed by atoms with E-state index in [0.717, 1.165) is 20.9 Å². The monoisotopic (exact) mass is 396 g/mol. The summed E-state index contributed by atoms with van der Waals surface area (Å²) in [6.07, 6.45) is 3.50. The lowest BCUT2D eigenvalue weighted by Crippen LogP contribution is -2.39. The first-order chi connectivity index (χ1) is 13.5. The van der Waals surface area contributed by atoms with E-state index in [1.807, 2.05) is 48.5 Å². The van der Waals surface area contributed by atoms with Crippen LogP contribution in [0.5, 0.6) is 0 Å². The molecule has 4 heteroatoms. The van der Waals surface area contributed by atoms with Gasteiger partial charge in [-0.15, -0.1) is 13.2 Å². The molecule has 2 aromatic carbocycles. The highest BCUT2D eigenvalue weighted by Crippen LogP contribution is 2.70. The Morgan fingerprint density at radius 3 is 2.07 bits per heavy atom. The Kier molecular flexibility index (Phi) is 4.54. The van der Waals surface area contributed by atoms with Crippen LogP contribution in [0.4, 0.5) is 8.78 Å². The number of hydrogen-bond donors (Lipinski definition) is 2. The highest BCUT2D eigenvalue weighted by molar-refractivity contribution is 8.19. The molecule has 1 aliphatic carbocycles. The van der Waals surface area contributed by atoms with Crippen molar-refractivity contribution in [2.24, 2.45) is 5.92 Å².